The van der Waals surface area contributed by atoms with Gasteiger partial charge in [0.25, 0.3) is 11.7 Å². The predicted octanol–water partition coefficient (Wildman–Crippen LogP) is 9.90. The highest BCUT2D eigenvalue weighted by Gasteiger charge is 2.45. The van der Waals surface area contributed by atoms with Gasteiger partial charge in [0.2, 0.25) is 0 Å². The molecule has 0 aliphatic carbocycles. The van der Waals surface area contributed by atoms with Crippen molar-refractivity contribution in [2.24, 2.45) is 0 Å². The van der Waals surface area contributed by atoms with Crippen LogP contribution in [-0.4, -0.2) is 28.2 Å². The zero-order chi connectivity index (χ0) is 28.0. The molecule has 1 atom stereocenters. The summed E-state index contributed by atoms with van der Waals surface area (Å²) in [6.45, 7) is 2.72. The lowest BCUT2D eigenvalue weighted by Crippen LogP contribution is -2.30. The number of likely N-dealkylation sites (tertiary alicyclic amines) is 1. The number of benzene rings is 2. The van der Waals surface area contributed by atoms with Gasteiger partial charge in [0.1, 0.15) is 5.76 Å². The standard InChI is InChI=1S/C33H43Cl2NO3/c1-2-3-4-5-6-7-8-9-10-11-12-13-14-15-24-36-30(25-16-20-27(34)21-17-25)29(32(38)33(36)39)31(37)26-18-22-28(35)23-19-26/h16-23,30,37H,2-15,24H2,1H3/b31-29-. The molecule has 1 N–H and O–H groups in total. The Morgan fingerprint density at radius 1 is 0.692 bits per heavy atom. The maximum absolute atomic E-state index is 13.1. The summed E-state index contributed by atoms with van der Waals surface area (Å²) in [6.07, 6.45) is 17.6. The van der Waals surface area contributed by atoms with E-state index in [0.29, 0.717) is 22.2 Å². The Morgan fingerprint density at radius 3 is 1.62 bits per heavy atom. The lowest BCUT2D eigenvalue weighted by atomic mass is 9.95. The van der Waals surface area contributed by atoms with Gasteiger partial charge in [0.15, 0.2) is 0 Å². The SMILES string of the molecule is CCCCCCCCCCCCCCCCN1C(=O)C(=O)/C(=C(\O)c2ccc(Cl)cc2)C1c1ccc(Cl)cc1. The Morgan fingerprint density at radius 2 is 1.13 bits per heavy atom. The van der Waals surface area contributed by atoms with Crippen LogP contribution in [0.4, 0.5) is 0 Å². The first-order valence-electron chi connectivity index (χ1n) is 14.7. The van der Waals surface area contributed by atoms with Gasteiger partial charge in [0.05, 0.1) is 11.6 Å². The smallest absolute Gasteiger partial charge is 0.295 e. The number of Topliss-reactive ketones (excluding diaryl/α,β-unsaturated/α-hetero) is 1. The number of aliphatic hydroxyl groups is 1. The van der Waals surface area contributed by atoms with Crippen molar-refractivity contribution < 1.29 is 14.7 Å². The highest BCUT2D eigenvalue weighted by Crippen LogP contribution is 2.40. The summed E-state index contributed by atoms with van der Waals surface area (Å²) in [4.78, 5) is 27.8. The third kappa shape index (κ3) is 9.39. The number of unbranched alkanes of at least 4 members (excludes halogenated alkanes) is 13. The minimum atomic E-state index is -0.659. The van der Waals surface area contributed by atoms with Gasteiger partial charge in [-0.25, -0.2) is 0 Å². The molecule has 1 amide bonds. The quantitative estimate of drug-likeness (QED) is 0.0888. The van der Waals surface area contributed by atoms with Crippen LogP contribution < -0.4 is 0 Å². The fourth-order valence-corrected chi connectivity index (χ4v) is 5.59. The van der Waals surface area contributed by atoms with Crippen molar-refractivity contribution in [2.45, 2.75) is 103 Å². The van der Waals surface area contributed by atoms with Crippen LogP contribution in [0.15, 0.2) is 54.1 Å². The van der Waals surface area contributed by atoms with Crippen LogP contribution in [0.2, 0.25) is 10.0 Å². The van der Waals surface area contributed by atoms with Crippen molar-refractivity contribution in [3.63, 3.8) is 0 Å². The summed E-state index contributed by atoms with van der Waals surface area (Å²) in [5, 5.41) is 12.2. The van der Waals surface area contributed by atoms with E-state index in [1.807, 2.05) is 12.1 Å². The van der Waals surface area contributed by atoms with Crippen molar-refractivity contribution in [2.75, 3.05) is 6.54 Å². The molecule has 212 valence electrons. The molecule has 0 aromatic heterocycles. The number of ketones is 1. The molecule has 0 radical (unpaired) electrons. The second-order valence-corrected chi connectivity index (χ2v) is 11.5. The minimum absolute atomic E-state index is 0.106. The molecular formula is C33H43Cl2NO3. The highest BCUT2D eigenvalue weighted by atomic mass is 35.5. The summed E-state index contributed by atoms with van der Waals surface area (Å²) in [5.41, 5.74) is 1.31. The Labute approximate surface area is 244 Å². The van der Waals surface area contributed by atoms with E-state index in [2.05, 4.69) is 6.92 Å². The van der Waals surface area contributed by atoms with Gasteiger partial charge in [-0.3, -0.25) is 9.59 Å². The Balaban J connectivity index is 1.52. The lowest BCUT2D eigenvalue weighted by molar-refractivity contribution is -0.139. The molecule has 2 aromatic rings. The number of amides is 1. The van der Waals surface area contributed by atoms with Gasteiger partial charge in [-0.15, -0.1) is 0 Å². The van der Waals surface area contributed by atoms with E-state index in [-0.39, 0.29) is 11.3 Å². The van der Waals surface area contributed by atoms with Crippen LogP contribution in [0.5, 0.6) is 0 Å². The van der Waals surface area contributed by atoms with Crippen LogP contribution in [-0.2, 0) is 9.59 Å². The van der Waals surface area contributed by atoms with E-state index in [0.717, 1.165) is 24.8 Å². The molecule has 4 nitrogen and oxygen atoms in total. The van der Waals surface area contributed by atoms with Gasteiger partial charge in [-0.1, -0.05) is 126 Å². The largest absolute Gasteiger partial charge is 0.507 e. The highest BCUT2D eigenvalue weighted by molar-refractivity contribution is 6.46. The third-order valence-electron chi connectivity index (χ3n) is 7.60. The van der Waals surface area contributed by atoms with Crippen LogP contribution >= 0.6 is 23.2 Å². The van der Waals surface area contributed by atoms with E-state index in [4.69, 9.17) is 23.2 Å². The Hall–Kier alpha value is -2.30. The summed E-state index contributed by atoms with van der Waals surface area (Å²) >= 11 is 12.1. The van der Waals surface area contributed by atoms with Gasteiger partial charge < -0.3 is 10.0 Å². The Bertz CT molecular complexity index is 1080. The van der Waals surface area contributed by atoms with Crippen molar-refractivity contribution in [3.05, 3.63) is 75.3 Å². The number of hydrogen-bond donors (Lipinski definition) is 1. The van der Waals surface area contributed by atoms with Gasteiger partial charge in [-0.05, 0) is 48.4 Å². The molecule has 0 spiro atoms. The molecule has 1 fully saturated rings. The van der Waals surface area contributed by atoms with E-state index >= 15 is 0 Å². The molecule has 1 unspecified atom stereocenters. The molecule has 0 bridgehead atoms. The molecule has 1 saturated heterocycles. The maximum atomic E-state index is 13.1. The molecule has 1 aliphatic rings. The van der Waals surface area contributed by atoms with Crippen LogP contribution in [0, 0.1) is 0 Å². The average Bonchev–Trinajstić information content (AvgIpc) is 3.18. The number of halogens is 2. The normalized spacial score (nSPS) is 16.8. The first-order valence-corrected chi connectivity index (χ1v) is 15.5. The fourth-order valence-electron chi connectivity index (χ4n) is 5.34. The average molecular weight is 573 g/mol. The second kappa shape index (κ2) is 16.7. The van der Waals surface area contributed by atoms with Crippen molar-refractivity contribution in [1.29, 1.82) is 0 Å². The Kier molecular flexibility index (Phi) is 13.4. The van der Waals surface area contributed by atoms with E-state index in [9.17, 15) is 14.7 Å². The number of aliphatic hydroxyl groups excluding tert-OH is 1. The number of carbonyl (C=O) groups excluding carboxylic acids is 2. The number of rotatable bonds is 17. The van der Waals surface area contributed by atoms with Crippen LogP contribution in [0.25, 0.3) is 5.76 Å². The van der Waals surface area contributed by atoms with Gasteiger partial charge >= 0.3 is 0 Å². The molecule has 39 heavy (non-hydrogen) atoms. The van der Waals surface area contributed by atoms with E-state index in [1.165, 1.54) is 70.6 Å². The summed E-state index contributed by atoms with van der Waals surface area (Å²) in [5.74, 6) is -1.42. The monoisotopic (exact) mass is 571 g/mol. The zero-order valence-electron chi connectivity index (χ0n) is 23.3. The molecule has 0 saturated carbocycles. The molecule has 1 heterocycles. The van der Waals surface area contributed by atoms with Gasteiger partial charge in [0, 0.05) is 22.2 Å². The van der Waals surface area contributed by atoms with Crippen molar-refractivity contribution in [3.8, 4) is 0 Å². The van der Waals surface area contributed by atoms with Crippen LogP contribution in [0.1, 0.15) is 114 Å². The minimum Gasteiger partial charge on any atom is -0.507 e. The number of nitrogens with zero attached hydrogens (tertiary/aromatic N) is 1. The first kappa shape index (κ1) is 31.2. The summed E-state index contributed by atoms with van der Waals surface area (Å²) < 4.78 is 0. The van der Waals surface area contributed by atoms with E-state index in [1.54, 1.807) is 41.3 Å². The number of hydrogen-bond acceptors (Lipinski definition) is 3. The van der Waals surface area contributed by atoms with Gasteiger partial charge in [-0.2, -0.15) is 0 Å². The van der Waals surface area contributed by atoms with Crippen molar-refractivity contribution >= 4 is 40.7 Å². The number of carbonyl (C=O) groups is 2. The summed E-state index contributed by atoms with van der Waals surface area (Å²) in [7, 11) is 0. The van der Waals surface area contributed by atoms with Crippen LogP contribution in [0.3, 0.4) is 0 Å². The zero-order valence-corrected chi connectivity index (χ0v) is 24.8. The summed E-state index contributed by atoms with van der Waals surface area (Å²) in [6, 6.07) is 13.1. The lowest BCUT2D eigenvalue weighted by Gasteiger charge is -2.25. The maximum Gasteiger partial charge on any atom is 0.295 e. The predicted molar refractivity (Wildman–Crippen MR) is 162 cm³/mol. The van der Waals surface area contributed by atoms with E-state index < -0.39 is 17.7 Å². The first-order chi connectivity index (χ1) is 18.9. The topological polar surface area (TPSA) is 57.6 Å². The molecule has 6 heteroatoms. The third-order valence-corrected chi connectivity index (χ3v) is 8.10. The fraction of sp³-hybridized carbons (Fsp3) is 0.515. The second-order valence-electron chi connectivity index (χ2n) is 10.6. The van der Waals surface area contributed by atoms with Crippen molar-refractivity contribution in [1.82, 2.24) is 4.90 Å². The molecular weight excluding hydrogens is 529 g/mol. The molecule has 1 aliphatic heterocycles. The molecule has 2 aromatic carbocycles. The molecule has 3 rings (SSSR count).